The van der Waals surface area contributed by atoms with E-state index in [1.54, 1.807) is 12.1 Å². The zero-order chi connectivity index (χ0) is 22.7. The molecule has 0 aromatic heterocycles. The lowest BCUT2D eigenvalue weighted by Gasteiger charge is -2.39. The first-order chi connectivity index (χ1) is 15.4. The van der Waals surface area contributed by atoms with E-state index in [0.717, 1.165) is 56.6 Å². The second-order valence-corrected chi connectivity index (χ2v) is 9.10. The minimum absolute atomic E-state index is 0. The van der Waals surface area contributed by atoms with Gasteiger partial charge in [0.15, 0.2) is 0 Å². The summed E-state index contributed by atoms with van der Waals surface area (Å²) in [5.41, 5.74) is 8.92. The number of amides is 1. The summed E-state index contributed by atoms with van der Waals surface area (Å²) in [5, 5.41) is 0. The van der Waals surface area contributed by atoms with E-state index in [2.05, 4.69) is 29.7 Å². The number of piperazine rings is 1. The normalized spacial score (nSPS) is 19.3. The van der Waals surface area contributed by atoms with Gasteiger partial charge < -0.3 is 10.5 Å². The second kappa shape index (κ2) is 12.5. The summed E-state index contributed by atoms with van der Waals surface area (Å²) in [6, 6.07) is 15.4. The molecular weight excluding hydrogens is 473 g/mol. The van der Waals surface area contributed by atoms with Crippen molar-refractivity contribution in [2.24, 2.45) is 5.73 Å². The third-order valence-electron chi connectivity index (χ3n) is 6.78. The molecule has 186 valence electrons. The summed E-state index contributed by atoms with van der Waals surface area (Å²) < 4.78 is 5.72. The highest BCUT2D eigenvalue weighted by Crippen LogP contribution is 2.33. The number of nitrogens with two attached hydrogens (primary N) is 1. The molecule has 1 fully saturated rings. The minimum Gasteiger partial charge on any atom is -0.426 e. The highest BCUT2D eigenvalue weighted by atomic mass is 35.5. The molecule has 2 aliphatic rings. The highest BCUT2D eigenvalue weighted by Gasteiger charge is 2.30. The van der Waals surface area contributed by atoms with E-state index in [-0.39, 0.29) is 42.6 Å². The third kappa shape index (κ3) is 6.30. The molecule has 0 spiro atoms. The Morgan fingerprint density at radius 2 is 1.56 bits per heavy atom. The van der Waals surface area contributed by atoms with Crippen molar-refractivity contribution in [1.82, 2.24) is 9.80 Å². The summed E-state index contributed by atoms with van der Waals surface area (Å²) in [6.45, 7) is 7.80. The van der Waals surface area contributed by atoms with Crippen molar-refractivity contribution >= 4 is 36.7 Å². The number of benzene rings is 2. The molecule has 1 aliphatic carbocycles. The monoisotopic (exact) mass is 507 g/mol. The molecule has 1 heterocycles. The molecular formula is C26H35Cl2N3O3. The van der Waals surface area contributed by atoms with Crippen molar-refractivity contribution in [1.29, 1.82) is 0 Å². The van der Waals surface area contributed by atoms with Gasteiger partial charge in [-0.1, -0.05) is 36.4 Å². The Labute approximate surface area is 214 Å². The van der Waals surface area contributed by atoms with Crippen LogP contribution in [-0.2, 0) is 16.0 Å². The number of fused-ring (bicyclic) bond motifs is 1. The number of hydrogen-bond acceptors (Lipinski definition) is 5. The SMILES string of the molecule is CC(C)N1CCN(C(C(N)=O)c2ccc(OC(=O)C3CCCc4ccccc43)cc2)CC1.Cl.Cl. The molecule has 2 unspecified atom stereocenters. The summed E-state index contributed by atoms with van der Waals surface area (Å²) in [6.07, 6.45) is 2.80. The van der Waals surface area contributed by atoms with E-state index in [4.69, 9.17) is 10.5 Å². The predicted molar refractivity (Wildman–Crippen MR) is 139 cm³/mol. The molecule has 34 heavy (non-hydrogen) atoms. The zero-order valence-electron chi connectivity index (χ0n) is 19.8. The highest BCUT2D eigenvalue weighted by molar-refractivity contribution is 5.85. The topological polar surface area (TPSA) is 75.9 Å². The second-order valence-electron chi connectivity index (χ2n) is 9.10. The van der Waals surface area contributed by atoms with Crippen molar-refractivity contribution in [3.63, 3.8) is 0 Å². The Hall–Kier alpha value is -2.12. The Balaban J connectivity index is 0.00000204. The fraction of sp³-hybridized carbons (Fsp3) is 0.462. The number of rotatable bonds is 6. The average Bonchev–Trinajstić information content (AvgIpc) is 2.80. The molecule has 1 saturated heterocycles. The van der Waals surface area contributed by atoms with E-state index in [1.165, 1.54) is 5.56 Å². The fourth-order valence-corrected chi connectivity index (χ4v) is 4.97. The lowest BCUT2D eigenvalue weighted by molar-refractivity contribution is -0.136. The summed E-state index contributed by atoms with van der Waals surface area (Å²) in [7, 11) is 0. The minimum atomic E-state index is -0.473. The van der Waals surface area contributed by atoms with Crippen LogP contribution in [0.25, 0.3) is 0 Å². The molecule has 2 aromatic rings. The van der Waals surface area contributed by atoms with E-state index < -0.39 is 6.04 Å². The Morgan fingerprint density at radius 3 is 2.18 bits per heavy atom. The Morgan fingerprint density at radius 1 is 0.941 bits per heavy atom. The number of hydrogen-bond donors (Lipinski definition) is 1. The first-order valence-electron chi connectivity index (χ1n) is 11.6. The maximum absolute atomic E-state index is 12.9. The van der Waals surface area contributed by atoms with Crippen LogP contribution in [0.1, 0.15) is 55.3 Å². The van der Waals surface area contributed by atoms with Gasteiger partial charge in [0.2, 0.25) is 5.91 Å². The number of carbonyl (C=O) groups is 2. The zero-order valence-corrected chi connectivity index (χ0v) is 21.4. The molecule has 2 atom stereocenters. The molecule has 4 rings (SSSR count). The number of halogens is 2. The molecule has 1 aliphatic heterocycles. The fourth-order valence-electron chi connectivity index (χ4n) is 4.97. The number of nitrogens with zero attached hydrogens (tertiary/aromatic N) is 2. The number of ether oxygens (including phenoxy) is 1. The van der Waals surface area contributed by atoms with E-state index in [0.29, 0.717) is 11.8 Å². The van der Waals surface area contributed by atoms with Crippen molar-refractivity contribution in [2.45, 2.75) is 51.1 Å². The molecule has 2 N–H and O–H groups in total. The number of carbonyl (C=O) groups excluding carboxylic acids is 2. The molecule has 0 bridgehead atoms. The third-order valence-corrected chi connectivity index (χ3v) is 6.78. The van der Waals surface area contributed by atoms with Crippen molar-refractivity contribution in [3.8, 4) is 5.75 Å². The van der Waals surface area contributed by atoms with Gasteiger partial charge in [-0.15, -0.1) is 24.8 Å². The van der Waals surface area contributed by atoms with Crippen LogP contribution in [0.2, 0.25) is 0 Å². The van der Waals surface area contributed by atoms with Gasteiger partial charge in [-0.3, -0.25) is 19.4 Å². The van der Waals surface area contributed by atoms with Crippen LogP contribution in [-0.4, -0.2) is 53.9 Å². The number of aryl methyl sites for hydroxylation is 1. The van der Waals surface area contributed by atoms with Gasteiger partial charge >= 0.3 is 5.97 Å². The van der Waals surface area contributed by atoms with E-state index in [1.807, 2.05) is 30.3 Å². The van der Waals surface area contributed by atoms with Crippen molar-refractivity contribution < 1.29 is 14.3 Å². The molecule has 1 amide bonds. The number of primary amides is 1. The van der Waals surface area contributed by atoms with Crippen LogP contribution in [0.3, 0.4) is 0 Å². The van der Waals surface area contributed by atoms with Crippen molar-refractivity contribution in [3.05, 3.63) is 65.2 Å². The van der Waals surface area contributed by atoms with Crippen LogP contribution in [0.5, 0.6) is 5.75 Å². The number of esters is 1. The van der Waals surface area contributed by atoms with Gasteiger partial charge in [0, 0.05) is 32.2 Å². The molecule has 2 aromatic carbocycles. The standard InChI is InChI=1S/C26H33N3O3.2ClH/c1-18(2)28-14-16-29(17-15-28)24(25(27)30)20-10-12-21(13-11-20)32-26(31)23-9-5-7-19-6-3-4-8-22(19)23;;/h3-4,6,8,10-13,18,23-24H,5,7,9,14-17H2,1-2H3,(H2,27,30);2*1H. The maximum atomic E-state index is 12.9. The van der Waals surface area contributed by atoms with Gasteiger partial charge in [-0.05, 0) is 61.9 Å². The summed E-state index contributed by atoms with van der Waals surface area (Å²) >= 11 is 0. The quantitative estimate of drug-likeness (QED) is 0.470. The smallest absolute Gasteiger partial charge is 0.318 e. The van der Waals surface area contributed by atoms with Gasteiger partial charge in [-0.2, -0.15) is 0 Å². The molecule has 0 radical (unpaired) electrons. The van der Waals surface area contributed by atoms with Crippen LogP contribution in [0, 0.1) is 0 Å². The largest absolute Gasteiger partial charge is 0.426 e. The average molecular weight is 508 g/mol. The molecule has 0 saturated carbocycles. The van der Waals surface area contributed by atoms with E-state index in [9.17, 15) is 9.59 Å². The Bertz CT molecular complexity index is 960. The van der Waals surface area contributed by atoms with Crippen LogP contribution < -0.4 is 10.5 Å². The van der Waals surface area contributed by atoms with E-state index >= 15 is 0 Å². The lowest BCUT2D eigenvalue weighted by atomic mass is 9.83. The molecule has 8 heteroatoms. The van der Waals surface area contributed by atoms with Crippen LogP contribution in [0.4, 0.5) is 0 Å². The maximum Gasteiger partial charge on any atom is 0.318 e. The van der Waals surface area contributed by atoms with Gasteiger partial charge in [0.25, 0.3) is 0 Å². The van der Waals surface area contributed by atoms with Crippen LogP contribution >= 0.6 is 24.8 Å². The summed E-state index contributed by atoms with van der Waals surface area (Å²) in [4.78, 5) is 29.7. The predicted octanol–water partition coefficient (Wildman–Crippen LogP) is 4.11. The van der Waals surface area contributed by atoms with Crippen molar-refractivity contribution in [2.75, 3.05) is 26.2 Å². The van der Waals surface area contributed by atoms with Gasteiger partial charge in [0.1, 0.15) is 11.8 Å². The van der Waals surface area contributed by atoms with Crippen LogP contribution in [0.15, 0.2) is 48.5 Å². The first kappa shape index (κ1) is 28.1. The first-order valence-corrected chi connectivity index (χ1v) is 11.6. The lowest BCUT2D eigenvalue weighted by Crippen LogP contribution is -2.51. The van der Waals surface area contributed by atoms with Gasteiger partial charge in [0.05, 0.1) is 5.92 Å². The molecule has 6 nitrogen and oxygen atoms in total. The van der Waals surface area contributed by atoms with Gasteiger partial charge in [-0.25, -0.2) is 0 Å². The summed E-state index contributed by atoms with van der Waals surface area (Å²) in [5.74, 6) is -0.308. The Kier molecular flexibility index (Phi) is 10.4.